The van der Waals surface area contributed by atoms with Crippen LogP contribution in [0.1, 0.15) is 16.7 Å². The Hall–Kier alpha value is -3.44. The lowest BCUT2D eigenvalue weighted by Gasteiger charge is -2.29. The van der Waals surface area contributed by atoms with Crippen LogP contribution in [0.25, 0.3) is 11.1 Å². The maximum absolute atomic E-state index is 12.8. The lowest BCUT2D eigenvalue weighted by molar-refractivity contribution is -0.110. The number of hydrazone groups is 1. The summed E-state index contributed by atoms with van der Waals surface area (Å²) in [5.74, 6) is -0.163. The minimum absolute atomic E-state index is 0.163. The predicted molar refractivity (Wildman–Crippen MR) is 117 cm³/mol. The van der Waals surface area contributed by atoms with E-state index < -0.39 is 0 Å². The largest absolute Gasteiger partial charge is 0.320 e. The van der Waals surface area contributed by atoms with Crippen LogP contribution >= 0.6 is 0 Å². The van der Waals surface area contributed by atoms with Gasteiger partial charge in [-0.1, -0.05) is 48.5 Å². The fraction of sp³-hybridized carbons (Fsp3) is 0.167. The van der Waals surface area contributed by atoms with Crippen molar-refractivity contribution in [3.8, 4) is 11.1 Å². The number of hydrogen-bond acceptors (Lipinski definition) is 4. The van der Waals surface area contributed by atoms with Crippen LogP contribution in [0.4, 0.5) is 11.4 Å². The summed E-state index contributed by atoms with van der Waals surface area (Å²) in [4.78, 5) is 15.1. The van der Waals surface area contributed by atoms with Gasteiger partial charge < -0.3 is 10.2 Å². The molecule has 144 valence electrons. The van der Waals surface area contributed by atoms with E-state index in [0.717, 1.165) is 36.4 Å². The monoisotopic (exact) mass is 382 g/mol. The molecular formula is C24H22N4O. The Balaban J connectivity index is 1.65. The quantitative estimate of drug-likeness (QED) is 0.671. The maximum Gasteiger partial charge on any atom is 0.276 e. The molecule has 0 aromatic heterocycles. The van der Waals surface area contributed by atoms with Crippen LogP contribution < -0.4 is 10.7 Å². The molecule has 2 aliphatic rings. The van der Waals surface area contributed by atoms with E-state index in [4.69, 9.17) is 0 Å². The Morgan fingerprint density at radius 1 is 0.966 bits per heavy atom. The predicted octanol–water partition coefficient (Wildman–Crippen LogP) is 4.11. The molecule has 0 spiro atoms. The summed E-state index contributed by atoms with van der Waals surface area (Å²) in [6.07, 6.45) is 0.966. The third kappa shape index (κ3) is 3.19. The van der Waals surface area contributed by atoms with Gasteiger partial charge >= 0.3 is 0 Å². The molecule has 3 aromatic carbocycles. The van der Waals surface area contributed by atoms with E-state index in [2.05, 4.69) is 58.1 Å². The van der Waals surface area contributed by atoms with E-state index in [1.165, 1.54) is 22.3 Å². The number of nitrogens with zero attached hydrogens (tertiary/aromatic N) is 2. The molecule has 0 aliphatic carbocycles. The normalized spacial score (nSPS) is 17.0. The van der Waals surface area contributed by atoms with Gasteiger partial charge in [-0.3, -0.25) is 10.2 Å². The highest BCUT2D eigenvalue weighted by Gasteiger charge is 2.33. The number of para-hydroxylation sites is 1. The van der Waals surface area contributed by atoms with Crippen molar-refractivity contribution in [1.82, 2.24) is 4.90 Å². The molecule has 0 atom stereocenters. The van der Waals surface area contributed by atoms with E-state index in [9.17, 15) is 4.79 Å². The second kappa shape index (κ2) is 7.18. The van der Waals surface area contributed by atoms with Crippen molar-refractivity contribution < 1.29 is 4.79 Å². The Morgan fingerprint density at radius 2 is 1.69 bits per heavy atom. The lowest BCUT2D eigenvalue weighted by Crippen LogP contribution is -2.27. The van der Waals surface area contributed by atoms with Gasteiger partial charge in [-0.05, 0) is 53.9 Å². The van der Waals surface area contributed by atoms with Crippen LogP contribution in [0.5, 0.6) is 0 Å². The van der Waals surface area contributed by atoms with Crippen LogP contribution in [-0.2, 0) is 17.8 Å². The zero-order valence-corrected chi connectivity index (χ0v) is 16.3. The molecule has 0 unspecified atom stereocenters. The van der Waals surface area contributed by atoms with Gasteiger partial charge in [0.2, 0.25) is 0 Å². The number of carbonyl (C=O) groups is 1. The Labute approximate surface area is 170 Å². The molecule has 5 rings (SSSR count). The highest BCUT2D eigenvalue weighted by molar-refractivity contribution is 6.54. The molecule has 2 heterocycles. The number of anilines is 2. The van der Waals surface area contributed by atoms with Crippen LogP contribution in [0, 0.1) is 0 Å². The number of amides is 1. The van der Waals surface area contributed by atoms with Gasteiger partial charge in [-0.15, -0.1) is 0 Å². The van der Waals surface area contributed by atoms with Crippen LogP contribution in [-0.4, -0.2) is 30.1 Å². The molecule has 0 fully saturated rings. The van der Waals surface area contributed by atoms with Crippen LogP contribution in [0.2, 0.25) is 0 Å². The summed E-state index contributed by atoms with van der Waals surface area (Å²) >= 11 is 0. The second-order valence-electron chi connectivity index (χ2n) is 7.55. The first-order valence-corrected chi connectivity index (χ1v) is 9.84. The zero-order valence-electron chi connectivity index (χ0n) is 16.3. The zero-order chi connectivity index (χ0) is 19.8. The summed E-state index contributed by atoms with van der Waals surface area (Å²) in [7, 11) is 2.12. The molecule has 0 radical (unpaired) electrons. The molecule has 0 bridgehead atoms. The number of fused-ring (bicyclic) bond motifs is 3. The third-order valence-electron chi connectivity index (χ3n) is 5.58. The Kier molecular flexibility index (Phi) is 4.37. The summed E-state index contributed by atoms with van der Waals surface area (Å²) < 4.78 is 0. The molecule has 29 heavy (non-hydrogen) atoms. The molecule has 0 saturated heterocycles. The van der Waals surface area contributed by atoms with Crippen molar-refractivity contribution >= 4 is 23.0 Å². The number of hydrogen-bond donors (Lipinski definition) is 2. The van der Waals surface area contributed by atoms with Crippen LogP contribution in [0.15, 0.2) is 71.8 Å². The standard InChI is InChI=1S/C24H22N4O/c1-28-13-12-18-19(16-8-4-2-5-9-16)14-20-22(21(18)15-28)25-24(29)23(20)27-26-17-10-6-3-7-11-17/h2-11,14,26H,12-13,15H2,1H3,(H,25,27,29). The van der Waals surface area contributed by atoms with Gasteiger partial charge in [0.25, 0.3) is 5.91 Å². The first-order valence-electron chi connectivity index (χ1n) is 9.84. The number of benzene rings is 3. The van der Waals surface area contributed by atoms with E-state index in [0.29, 0.717) is 5.71 Å². The van der Waals surface area contributed by atoms with Crippen molar-refractivity contribution in [2.45, 2.75) is 13.0 Å². The van der Waals surface area contributed by atoms with Crippen molar-refractivity contribution in [2.24, 2.45) is 5.10 Å². The minimum Gasteiger partial charge on any atom is -0.320 e. The summed E-state index contributed by atoms with van der Waals surface area (Å²) in [5.41, 5.74) is 11.0. The van der Waals surface area contributed by atoms with Crippen LogP contribution in [0.3, 0.4) is 0 Å². The van der Waals surface area contributed by atoms with Crippen molar-refractivity contribution in [1.29, 1.82) is 0 Å². The van der Waals surface area contributed by atoms with Gasteiger partial charge in [0.05, 0.1) is 11.4 Å². The molecule has 2 N–H and O–H groups in total. The number of carbonyl (C=O) groups excluding carboxylic acids is 1. The lowest BCUT2D eigenvalue weighted by atomic mass is 9.87. The Bertz CT molecular complexity index is 1110. The van der Waals surface area contributed by atoms with Crippen molar-refractivity contribution in [3.05, 3.63) is 83.4 Å². The summed E-state index contributed by atoms with van der Waals surface area (Å²) in [6.45, 7) is 1.83. The van der Waals surface area contributed by atoms with E-state index in [1.807, 2.05) is 36.4 Å². The average Bonchev–Trinajstić information content (AvgIpc) is 3.08. The SMILES string of the molecule is CN1CCc2c(-c3ccccc3)cc3c(c2C1)NC(=O)/C3=N/Nc1ccccc1. The molecule has 1 amide bonds. The number of likely N-dealkylation sites (N-methyl/N-ethyl adjacent to an activating group) is 1. The number of nitrogens with one attached hydrogen (secondary N) is 2. The fourth-order valence-electron chi connectivity index (χ4n) is 4.14. The smallest absolute Gasteiger partial charge is 0.276 e. The Morgan fingerprint density at radius 3 is 2.45 bits per heavy atom. The maximum atomic E-state index is 12.8. The first-order chi connectivity index (χ1) is 14.2. The number of rotatable bonds is 3. The van der Waals surface area contributed by atoms with Crippen molar-refractivity contribution in [2.75, 3.05) is 24.3 Å². The molecule has 3 aromatic rings. The second-order valence-corrected chi connectivity index (χ2v) is 7.55. The summed E-state index contributed by atoms with van der Waals surface area (Å²) in [5, 5.41) is 7.53. The molecule has 5 nitrogen and oxygen atoms in total. The van der Waals surface area contributed by atoms with Gasteiger partial charge in [0.15, 0.2) is 5.71 Å². The average molecular weight is 382 g/mol. The third-order valence-corrected chi connectivity index (χ3v) is 5.58. The van der Waals surface area contributed by atoms with E-state index in [-0.39, 0.29) is 5.91 Å². The van der Waals surface area contributed by atoms with E-state index in [1.54, 1.807) is 0 Å². The van der Waals surface area contributed by atoms with E-state index >= 15 is 0 Å². The van der Waals surface area contributed by atoms with Crippen molar-refractivity contribution in [3.63, 3.8) is 0 Å². The summed E-state index contributed by atoms with van der Waals surface area (Å²) in [6, 6.07) is 22.2. The van der Waals surface area contributed by atoms with Gasteiger partial charge in [-0.25, -0.2) is 0 Å². The minimum atomic E-state index is -0.163. The van der Waals surface area contributed by atoms with Gasteiger partial charge in [-0.2, -0.15) is 5.10 Å². The first kappa shape index (κ1) is 17.6. The highest BCUT2D eigenvalue weighted by atomic mass is 16.2. The van der Waals surface area contributed by atoms with Gasteiger partial charge in [0, 0.05) is 18.7 Å². The molecule has 0 saturated carbocycles. The molecule has 2 aliphatic heterocycles. The highest BCUT2D eigenvalue weighted by Crippen LogP contribution is 2.40. The fourth-order valence-corrected chi connectivity index (χ4v) is 4.14. The topological polar surface area (TPSA) is 56.7 Å². The molecule has 5 heteroatoms. The van der Waals surface area contributed by atoms with Gasteiger partial charge in [0.1, 0.15) is 0 Å². The molecular weight excluding hydrogens is 360 g/mol.